The van der Waals surface area contributed by atoms with Gasteiger partial charge in [0.05, 0.1) is 6.42 Å². The average molecular weight is 407 g/mol. The Hall–Kier alpha value is -1.12. The molecular formula is C26H46O3. The fourth-order valence-electron chi connectivity index (χ4n) is 4.89. The van der Waals surface area contributed by atoms with Crippen LogP contribution in [0.1, 0.15) is 109 Å². The molecule has 0 aromatic heterocycles. The number of esters is 2. The summed E-state index contributed by atoms with van der Waals surface area (Å²) in [6.45, 7) is 27.7. The standard InChI is InChI=1S/C26H46O3/c1-13-19(23(4,5)6)16-25(9,10)26(11,12)17(2)15-24(7,8)18(3)20-14-21(27)29-22(20)28/h17,19H,13-16H2,1-12H3/b20-18-. The predicted molar refractivity (Wildman–Crippen MR) is 121 cm³/mol. The SMILES string of the molecule is CCC(CC(C)(C)C(C)(C)C(C)CC(C)(C)/C(C)=C1/CC(=O)OC1=O)C(C)(C)C. The molecule has 0 radical (unpaired) electrons. The van der Waals surface area contributed by atoms with Crippen LogP contribution in [0.4, 0.5) is 0 Å². The van der Waals surface area contributed by atoms with Gasteiger partial charge in [-0.3, -0.25) is 4.79 Å². The third-order valence-electron chi connectivity index (χ3n) is 8.51. The number of ether oxygens (including phenoxy) is 1. The van der Waals surface area contributed by atoms with Gasteiger partial charge in [-0.2, -0.15) is 0 Å². The van der Waals surface area contributed by atoms with Gasteiger partial charge in [0.1, 0.15) is 0 Å². The highest BCUT2D eigenvalue weighted by molar-refractivity contribution is 6.06. The van der Waals surface area contributed by atoms with E-state index in [1.165, 1.54) is 12.8 Å². The number of cyclic esters (lactones) is 2. The predicted octanol–water partition coefficient (Wildman–Crippen LogP) is 7.34. The lowest BCUT2D eigenvalue weighted by Crippen LogP contribution is -2.42. The van der Waals surface area contributed by atoms with Gasteiger partial charge < -0.3 is 4.74 Å². The molecule has 3 nitrogen and oxygen atoms in total. The van der Waals surface area contributed by atoms with Crippen molar-refractivity contribution in [2.45, 2.75) is 109 Å². The molecular weight excluding hydrogens is 360 g/mol. The third kappa shape index (κ3) is 5.73. The van der Waals surface area contributed by atoms with Crippen LogP contribution in [-0.4, -0.2) is 11.9 Å². The van der Waals surface area contributed by atoms with Gasteiger partial charge in [0.25, 0.3) is 0 Å². The van der Waals surface area contributed by atoms with Crippen molar-refractivity contribution in [2.24, 2.45) is 33.5 Å². The van der Waals surface area contributed by atoms with Crippen LogP contribution < -0.4 is 0 Å². The molecule has 0 amide bonds. The van der Waals surface area contributed by atoms with Crippen LogP contribution in [0.5, 0.6) is 0 Å². The van der Waals surface area contributed by atoms with E-state index in [0.717, 1.165) is 12.0 Å². The molecule has 1 aliphatic heterocycles. The Labute approximate surface area is 180 Å². The average Bonchev–Trinajstić information content (AvgIpc) is 2.88. The fraction of sp³-hybridized carbons (Fsp3) is 0.846. The van der Waals surface area contributed by atoms with Crippen molar-refractivity contribution in [1.29, 1.82) is 0 Å². The first-order chi connectivity index (χ1) is 12.9. The minimum absolute atomic E-state index is 0.112. The van der Waals surface area contributed by atoms with Gasteiger partial charge in [0, 0.05) is 5.57 Å². The minimum Gasteiger partial charge on any atom is -0.389 e. The number of hydrogen-bond donors (Lipinski definition) is 0. The Bertz CT molecular complexity index is 656. The molecule has 1 fully saturated rings. The van der Waals surface area contributed by atoms with Crippen LogP contribution in [0, 0.1) is 33.5 Å². The topological polar surface area (TPSA) is 43.4 Å². The Kier molecular flexibility index (Phi) is 7.64. The molecule has 1 aliphatic rings. The number of hydrogen-bond acceptors (Lipinski definition) is 3. The summed E-state index contributed by atoms with van der Waals surface area (Å²) < 4.78 is 4.77. The normalized spacial score (nSPS) is 20.6. The van der Waals surface area contributed by atoms with E-state index in [1.54, 1.807) is 0 Å². The number of carbonyl (C=O) groups is 2. The van der Waals surface area contributed by atoms with Gasteiger partial charge in [0.2, 0.25) is 0 Å². The van der Waals surface area contributed by atoms with E-state index in [2.05, 4.69) is 76.2 Å². The molecule has 168 valence electrons. The van der Waals surface area contributed by atoms with Crippen molar-refractivity contribution in [3.63, 3.8) is 0 Å². The van der Waals surface area contributed by atoms with E-state index in [4.69, 9.17) is 4.74 Å². The summed E-state index contributed by atoms with van der Waals surface area (Å²) in [5, 5.41) is 0. The minimum atomic E-state index is -0.455. The Morgan fingerprint density at radius 3 is 1.86 bits per heavy atom. The van der Waals surface area contributed by atoms with Gasteiger partial charge in [-0.1, -0.05) is 88.2 Å². The zero-order valence-corrected chi connectivity index (χ0v) is 21.2. The molecule has 0 spiro atoms. The lowest BCUT2D eigenvalue weighted by Gasteiger charge is -2.51. The van der Waals surface area contributed by atoms with E-state index < -0.39 is 11.9 Å². The summed E-state index contributed by atoms with van der Waals surface area (Å²) in [7, 11) is 0. The van der Waals surface area contributed by atoms with Crippen molar-refractivity contribution in [1.82, 2.24) is 0 Å². The molecule has 1 heterocycles. The Balaban J connectivity index is 3.08. The summed E-state index contributed by atoms with van der Waals surface area (Å²) in [6, 6.07) is 0. The van der Waals surface area contributed by atoms with E-state index >= 15 is 0 Å². The van der Waals surface area contributed by atoms with Crippen LogP contribution in [0.2, 0.25) is 0 Å². The van der Waals surface area contributed by atoms with Crippen LogP contribution in [-0.2, 0) is 14.3 Å². The maximum atomic E-state index is 12.1. The van der Waals surface area contributed by atoms with Crippen LogP contribution in [0.25, 0.3) is 0 Å². The van der Waals surface area contributed by atoms with Crippen molar-refractivity contribution >= 4 is 11.9 Å². The van der Waals surface area contributed by atoms with Gasteiger partial charge in [0.15, 0.2) is 0 Å². The van der Waals surface area contributed by atoms with Crippen LogP contribution in [0.3, 0.4) is 0 Å². The molecule has 0 bridgehead atoms. The molecule has 3 heteroatoms. The molecule has 2 atom stereocenters. The van der Waals surface area contributed by atoms with Gasteiger partial charge in [-0.15, -0.1) is 0 Å². The quantitative estimate of drug-likeness (QED) is 0.240. The molecule has 0 aromatic carbocycles. The summed E-state index contributed by atoms with van der Waals surface area (Å²) >= 11 is 0. The maximum absolute atomic E-state index is 12.1. The second kappa shape index (κ2) is 8.55. The fourth-order valence-corrected chi connectivity index (χ4v) is 4.89. The smallest absolute Gasteiger partial charge is 0.342 e. The van der Waals surface area contributed by atoms with E-state index in [0.29, 0.717) is 22.8 Å². The molecule has 0 aromatic rings. The highest BCUT2D eigenvalue weighted by Crippen LogP contribution is 2.54. The molecule has 29 heavy (non-hydrogen) atoms. The van der Waals surface area contributed by atoms with Crippen LogP contribution >= 0.6 is 0 Å². The molecule has 1 saturated heterocycles. The lowest BCUT2D eigenvalue weighted by atomic mass is 9.54. The Morgan fingerprint density at radius 1 is 0.966 bits per heavy atom. The molecule has 0 aliphatic carbocycles. The third-order valence-corrected chi connectivity index (χ3v) is 8.51. The first-order valence-electron chi connectivity index (χ1n) is 11.3. The second-order valence-corrected chi connectivity index (χ2v) is 12.3. The Morgan fingerprint density at radius 2 is 1.48 bits per heavy atom. The monoisotopic (exact) mass is 406 g/mol. The molecule has 1 rings (SSSR count). The van der Waals surface area contributed by atoms with E-state index in [1.807, 2.05) is 6.92 Å². The zero-order valence-electron chi connectivity index (χ0n) is 21.2. The second-order valence-electron chi connectivity index (χ2n) is 12.3. The lowest BCUT2D eigenvalue weighted by molar-refractivity contribution is -0.151. The number of rotatable bonds is 8. The van der Waals surface area contributed by atoms with Gasteiger partial charge in [-0.25, -0.2) is 4.79 Å². The van der Waals surface area contributed by atoms with Crippen LogP contribution in [0.15, 0.2) is 11.1 Å². The van der Waals surface area contributed by atoms with Crippen molar-refractivity contribution in [3.8, 4) is 0 Å². The van der Waals surface area contributed by atoms with Crippen molar-refractivity contribution < 1.29 is 14.3 Å². The molecule has 0 N–H and O–H groups in total. The zero-order chi connectivity index (χ0) is 23.0. The summed E-state index contributed by atoms with van der Waals surface area (Å²) in [5.41, 5.74) is 2.00. The van der Waals surface area contributed by atoms with E-state index in [-0.39, 0.29) is 22.7 Å². The van der Waals surface area contributed by atoms with Gasteiger partial charge in [-0.05, 0) is 53.3 Å². The van der Waals surface area contributed by atoms with Crippen molar-refractivity contribution in [3.05, 3.63) is 11.1 Å². The molecule has 2 unspecified atom stereocenters. The first kappa shape index (κ1) is 25.9. The summed E-state index contributed by atoms with van der Waals surface area (Å²) in [5.74, 6) is 0.250. The number of carbonyl (C=O) groups excluding carboxylic acids is 2. The molecule has 0 saturated carbocycles. The van der Waals surface area contributed by atoms with Gasteiger partial charge >= 0.3 is 11.9 Å². The summed E-state index contributed by atoms with van der Waals surface area (Å²) in [4.78, 5) is 23.6. The number of allylic oxidation sites excluding steroid dienone is 1. The van der Waals surface area contributed by atoms with Crippen molar-refractivity contribution in [2.75, 3.05) is 0 Å². The summed E-state index contributed by atoms with van der Waals surface area (Å²) in [6.07, 6.45) is 3.48. The van der Waals surface area contributed by atoms with E-state index in [9.17, 15) is 9.59 Å². The highest BCUT2D eigenvalue weighted by atomic mass is 16.6. The first-order valence-corrected chi connectivity index (χ1v) is 11.3. The highest BCUT2D eigenvalue weighted by Gasteiger charge is 2.45. The maximum Gasteiger partial charge on any atom is 0.342 e. The largest absolute Gasteiger partial charge is 0.389 e.